The lowest BCUT2D eigenvalue weighted by Gasteiger charge is -2.25. The highest BCUT2D eigenvalue weighted by molar-refractivity contribution is 6.10. The van der Waals surface area contributed by atoms with E-state index in [2.05, 4.69) is 16.9 Å². The van der Waals surface area contributed by atoms with Crippen LogP contribution in [0.2, 0.25) is 0 Å². The van der Waals surface area contributed by atoms with E-state index in [4.69, 9.17) is 5.73 Å². The number of aromatic amines is 1. The minimum absolute atomic E-state index is 0.00593. The molecule has 2 amide bonds. The molecule has 2 aromatic rings. The number of primary amides is 1. The van der Waals surface area contributed by atoms with Crippen LogP contribution in [0.15, 0.2) is 24.8 Å². The summed E-state index contributed by atoms with van der Waals surface area (Å²) in [5.41, 5.74) is 8.26. The van der Waals surface area contributed by atoms with E-state index >= 15 is 0 Å². The number of nitrogens with two attached hydrogens (primary N) is 1. The van der Waals surface area contributed by atoms with E-state index in [9.17, 15) is 22.8 Å². The first kappa shape index (κ1) is 20.3. The normalized spacial score (nSPS) is 21.5. The number of anilines is 1. The Morgan fingerprint density at radius 3 is 2.73 bits per heavy atom. The van der Waals surface area contributed by atoms with Gasteiger partial charge in [0.05, 0.1) is 17.0 Å². The molecule has 6 nitrogen and oxygen atoms in total. The summed E-state index contributed by atoms with van der Waals surface area (Å²) >= 11 is 0. The predicted octanol–water partition coefficient (Wildman–Crippen LogP) is 3.13. The lowest BCUT2D eigenvalue weighted by atomic mass is 9.86. The first-order chi connectivity index (χ1) is 14.2. The highest BCUT2D eigenvalue weighted by atomic mass is 19.4. The lowest BCUT2D eigenvalue weighted by molar-refractivity contribution is -0.177. The molecule has 1 aromatic carbocycles. The van der Waals surface area contributed by atoms with E-state index in [1.165, 1.54) is 6.08 Å². The molecule has 2 heterocycles. The summed E-state index contributed by atoms with van der Waals surface area (Å²) in [6, 6.07) is 3.32. The number of hydrogen-bond acceptors (Lipinski definition) is 3. The van der Waals surface area contributed by atoms with Gasteiger partial charge in [-0.1, -0.05) is 6.58 Å². The molecule has 2 unspecified atom stereocenters. The molecule has 2 atom stereocenters. The van der Waals surface area contributed by atoms with Gasteiger partial charge in [0.1, 0.15) is 0 Å². The molecule has 2 aliphatic rings. The quantitative estimate of drug-likeness (QED) is 0.664. The first-order valence-corrected chi connectivity index (χ1v) is 9.89. The largest absolute Gasteiger partial charge is 0.392 e. The second-order valence-electron chi connectivity index (χ2n) is 7.96. The zero-order valence-corrected chi connectivity index (χ0v) is 16.3. The molecule has 0 bridgehead atoms. The molecule has 1 aliphatic heterocycles. The maximum Gasteiger partial charge on any atom is 0.392 e. The second-order valence-corrected chi connectivity index (χ2v) is 7.96. The van der Waals surface area contributed by atoms with E-state index in [-0.39, 0.29) is 36.8 Å². The van der Waals surface area contributed by atoms with Gasteiger partial charge in [0, 0.05) is 35.9 Å². The van der Waals surface area contributed by atoms with Crippen molar-refractivity contribution < 1.29 is 22.8 Å². The van der Waals surface area contributed by atoms with Crippen LogP contribution in [0, 0.1) is 5.92 Å². The lowest BCUT2D eigenvalue weighted by Crippen LogP contribution is -2.30. The van der Waals surface area contributed by atoms with Crippen LogP contribution in [0.4, 0.5) is 18.9 Å². The van der Waals surface area contributed by atoms with Crippen LogP contribution < -0.4 is 11.1 Å². The van der Waals surface area contributed by atoms with Crippen LogP contribution in [-0.2, 0) is 17.6 Å². The van der Waals surface area contributed by atoms with Gasteiger partial charge >= 0.3 is 6.18 Å². The number of fused-ring (bicyclic) bond motifs is 3. The Morgan fingerprint density at radius 2 is 2.07 bits per heavy atom. The van der Waals surface area contributed by atoms with Gasteiger partial charge in [-0.25, -0.2) is 0 Å². The summed E-state index contributed by atoms with van der Waals surface area (Å²) in [6.07, 6.45) is -2.11. The SMILES string of the molecule is C=CC(=O)N1CCC(Nc2ccc(C(N)=O)c3[nH]c4c(c23)CCC(C(F)(F)F)C4)C1. The van der Waals surface area contributed by atoms with Crippen LogP contribution >= 0.6 is 0 Å². The van der Waals surface area contributed by atoms with Crippen molar-refractivity contribution in [3.63, 3.8) is 0 Å². The summed E-state index contributed by atoms with van der Waals surface area (Å²) in [5.74, 6) is -2.17. The van der Waals surface area contributed by atoms with E-state index < -0.39 is 18.0 Å². The topological polar surface area (TPSA) is 91.2 Å². The number of hydrogen-bond donors (Lipinski definition) is 3. The van der Waals surface area contributed by atoms with Crippen molar-refractivity contribution in [1.82, 2.24) is 9.88 Å². The summed E-state index contributed by atoms with van der Waals surface area (Å²) in [5, 5.41) is 4.13. The Morgan fingerprint density at radius 1 is 1.30 bits per heavy atom. The molecule has 1 aromatic heterocycles. The fourth-order valence-electron chi connectivity index (χ4n) is 4.57. The number of likely N-dealkylation sites (tertiary alicyclic amines) is 1. The number of H-pyrrole nitrogens is 1. The van der Waals surface area contributed by atoms with Gasteiger partial charge in [-0.15, -0.1) is 0 Å². The summed E-state index contributed by atoms with van der Waals surface area (Å²) in [6.45, 7) is 4.61. The van der Waals surface area contributed by atoms with Gasteiger partial charge in [0.25, 0.3) is 5.91 Å². The van der Waals surface area contributed by atoms with Crippen molar-refractivity contribution in [1.29, 1.82) is 0 Å². The maximum absolute atomic E-state index is 13.2. The van der Waals surface area contributed by atoms with Crippen LogP contribution in [0.3, 0.4) is 0 Å². The van der Waals surface area contributed by atoms with E-state index in [0.29, 0.717) is 24.3 Å². The van der Waals surface area contributed by atoms with Crippen LogP contribution in [0.5, 0.6) is 0 Å². The molecular formula is C21H23F3N4O2. The molecule has 30 heavy (non-hydrogen) atoms. The van der Waals surface area contributed by atoms with Crippen LogP contribution in [0.1, 0.15) is 34.5 Å². The smallest absolute Gasteiger partial charge is 0.380 e. The molecule has 0 radical (unpaired) electrons. The summed E-state index contributed by atoms with van der Waals surface area (Å²) in [7, 11) is 0. The fourth-order valence-corrected chi connectivity index (χ4v) is 4.57. The number of aryl methyl sites for hydroxylation is 1. The van der Waals surface area contributed by atoms with Crippen molar-refractivity contribution in [2.75, 3.05) is 18.4 Å². The third kappa shape index (κ3) is 3.53. The second kappa shape index (κ2) is 7.37. The van der Waals surface area contributed by atoms with Gasteiger partial charge in [-0.2, -0.15) is 13.2 Å². The van der Waals surface area contributed by atoms with Crippen molar-refractivity contribution in [2.24, 2.45) is 11.7 Å². The molecule has 9 heteroatoms. The van der Waals surface area contributed by atoms with Crippen molar-refractivity contribution in [3.05, 3.63) is 41.6 Å². The number of amides is 2. The zero-order chi connectivity index (χ0) is 21.6. The maximum atomic E-state index is 13.2. The number of nitrogens with zero attached hydrogens (tertiary/aromatic N) is 1. The van der Waals surface area contributed by atoms with Crippen LogP contribution in [0.25, 0.3) is 10.9 Å². The minimum Gasteiger partial charge on any atom is -0.380 e. The summed E-state index contributed by atoms with van der Waals surface area (Å²) < 4.78 is 39.7. The Kier molecular flexibility index (Phi) is 4.99. The van der Waals surface area contributed by atoms with E-state index in [1.807, 2.05) is 0 Å². The third-order valence-electron chi connectivity index (χ3n) is 6.10. The van der Waals surface area contributed by atoms with Gasteiger partial charge in [0.15, 0.2) is 0 Å². The van der Waals surface area contributed by atoms with Crippen molar-refractivity contribution in [2.45, 2.75) is 37.9 Å². The van der Waals surface area contributed by atoms with Crippen molar-refractivity contribution in [3.8, 4) is 0 Å². The number of benzene rings is 1. The zero-order valence-electron chi connectivity index (χ0n) is 16.3. The molecule has 1 aliphatic carbocycles. The molecule has 4 rings (SSSR count). The molecule has 1 fully saturated rings. The number of carbonyl (C=O) groups excluding carboxylic acids is 2. The number of carbonyl (C=O) groups is 2. The van der Waals surface area contributed by atoms with Gasteiger partial charge in [-0.05, 0) is 49.5 Å². The Balaban J connectivity index is 1.71. The minimum atomic E-state index is -4.26. The third-order valence-corrected chi connectivity index (χ3v) is 6.10. The van der Waals surface area contributed by atoms with Gasteiger partial charge in [-0.3, -0.25) is 9.59 Å². The Labute approximate surface area is 171 Å². The predicted molar refractivity (Wildman–Crippen MR) is 107 cm³/mol. The van der Waals surface area contributed by atoms with Gasteiger partial charge < -0.3 is 20.9 Å². The molecule has 1 saturated heterocycles. The first-order valence-electron chi connectivity index (χ1n) is 9.89. The van der Waals surface area contributed by atoms with E-state index in [0.717, 1.165) is 23.1 Å². The standard InChI is InChI=1S/C21H23F3N4O2/c1-2-17(29)28-8-7-12(10-28)26-15-6-5-14(20(25)30)19-18(15)13-4-3-11(21(22,23)24)9-16(13)27-19/h2,5-6,11-12,26-27H,1,3-4,7-10H2,(H2,25,30). The molecule has 0 saturated carbocycles. The average Bonchev–Trinajstić information content (AvgIpc) is 3.30. The molecule has 4 N–H and O–H groups in total. The molecule has 160 valence electrons. The fraction of sp³-hybridized carbons (Fsp3) is 0.429. The monoisotopic (exact) mass is 420 g/mol. The number of nitrogens with one attached hydrogen (secondary N) is 2. The Hall–Kier alpha value is -2.97. The molecule has 0 spiro atoms. The number of alkyl halides is 3. The highest BCUT2D eigenvalue weighted by Gasteiger charge is 2.42. The Bertz CT molecular complexity index is 1030. The van der Waals surface area contributed by atoms with Gasteiger partial charge in [0.2, 0.25) is 5.91 Å². The average molecular weight is 420 g/mol. The van der Waals surface area contributed by atoms with Crippen molar-refractivity contribution >= 4 is 28.4 Å². The number of halogens is 3. The van der Waals surface area contributed by atoms with E-state index in [1.54, 1.807) is 17.0 Å². The molecular weight excluding hydrogens is 397 g/mol. The highest BCUT2D eigenvalue weighted by Crippen LogP contribution is 2.42. The summed E-state index contributed by atoms with van der Waals surface area (Å²) in [4.78, 5) is 28.5. The van der Waals surface area contributed by atoms with Crippen LogP contribution in [-0.4, -0.2) is 47.0 Å². The number of rotatable bonds is 4. The number of aromatic nitrogens is 1.